The van der Waals surface area contributed by atoms with Crippen LogP contribution in [0.1, 0.15) is 53.4 Å². The second kappa shape index (κ2) is 9.55. The first-order valence-corrected chi connectivity index (χ1v) is 12.9. The van der Waals surface area contributed by atoms with Crippen LogP contribution in [0.3, 0.4) is 0 Å². The number of hydrogen-bond donors (Lipinski definition) is 3. The molecule has 8 nitrogen and oxygen atoms in total. The quantitative estimate of drug-likeness (QED) is 0.566. The van der Waals surface area contributed by atoms with Gasteiger partial charge in [0.2, 0.25) is 26.0 Å². The predicted molar refractivity (Wildman–Crippen MR) is 113 cm³/mol. The number of hydrogen-bond acceptors (Lipinski definition) is 5. The van der Waals surface area contributed by atoms with Crippen molar-refractivity contribution in [1.29, 1.82) is 0 Å². The fraction of sp³-hybridized carbons (Fsp3) is 0.632. The molecule has 1 aliphatic rings. The molecule has 0 spiro atoms. The van der Waals surface area contributed by atoms with Gasteiger partial charge in [-0.1, -0.05) is 0 Å². The number of carbonyl (C=O) groups excluding carboxylic acids is 1. The second-order valence-corrected chi connectivity index (χ2v) is 12.0. The van der Waals surface area contributed by atoms with E-state index < -0.39 is 25.3 Å². The molecule has 0 heterocycles. The number of amides is 1. The maximum absolute atomic E-state index is 12.5. The lowest BCUT2D eigenvalue weighted by atomic mass is 9.86. The first kappa shape index (κ1) is 23.8. The van der Waals surface area contributed by atoms with Crippen LogP contribution in [0.4, 0.5) is 5.69 Å². The van der Waals surface area contributed by atoms with Crippen molar-refractivity contribution in [1.82, 2.24) is 9.44 Å². The molecule has 0 unspecified atom stereocenters. The molecule has 0 saturated heterocycles. The van der Waals surface area contributed by atoms with Crippen molar-refractivity contribution in [2.24, 2.45) is 5.92 Å². The van der Waals surface area contributed by atoms with E-state index >= 15 is 0 Å². The summed E-state index contributed by atoms with van der Waals surface area (Å²) in [6.45, 7) is 6.76. The molecule has 0 aliphatic heterocycles. The van der Waals surface area contributed by atoms with Crippen molar-refractivity contribution in [2.75, 3.05) is 5.32 Å². The molecular weight excluding hydrogens is 414 g/mol. The second-order valence-electron chi connectivity index (χ2n) is 8.05. The van der Waals surface area contributed by atoms with Gasteiger partial charge in [-0.3, -0.25) is 4.79 Å². The first-order chi connectivity index (χ1) is 13.4. The molecule has 0 bridgehead atoms. The number of benzene rings is 1. The molecule has 10 heteroatoms. The molecule has 164 valence electrons. The molecule has 1 saturated carbocycles. The minimum absolute atomic E-state index is 0.133. The zero-order valence-corrected chi connectivity index (χ0v) is 18.9. The number of carbonyl (C=O) groups is 1. The van der Waals surface area contributed by atoms with E-state index in [1.807, 2.05) is 0 Å². The highest BCUT2D eigenvalue weighted by Crippen LogP contribution is 2.26. The Labute approximate surface area is 174 Å². The van der Waals surface area contributed by atoms with E-state index in [9.17, 15) is 21.6 Å². The molecule has 1 aromatic carbocycles. The van der Waals surface area contributed by atoms with Crippen molar-refractivity contribution >= 4 is 31.6 Å². The maximum Gasteiger partial charge on any atom is 0.240 e. The summed E-state index contributed by atoms with van der Waals surface area (Å²) in [6, 6.07) is 5.70. The fourth-order valence-electron chi connectivity index (χ4n) is 3.18. The zero-order chi connectivity index (χ0) is 21.8. The highest BCUT2D eigenvalue weighted by molar-refractivity contribution is 7.90. The Morgan fingerprint density at radius 3 is 1.97 bits per heavy atom. The van der Waals surface area contributed by atoms with Crippen LogP contribution >= 0.6 is 0 Å². The SMILES string of the molecule is CC(C)NS(=O)(=O)c1ccc(NC(=O)[C@H]2CC[C@H](NS(=O)(=O)C(C)C)CC2)cc1. The summed E-state index contributed by atoms with van der Waals surface area (Å²) in [5.41, 5.74) is 0.529. The van der Waals surface area contributed by atoms with E-state index in [0.29, 0.717) is 31.4 Å². The molecule has 1 fully saturated rings. The molecular formula is C19H31N3O5S2. The Bertz CT molecular complexity index is 902. The summed E-state index contributed by atoms with van der Waals surface area (Å²) in [5.74, 6) is -0.327. The van der Waals surface area contributed by atoms with Crippen molar-refractivity contribution in [3.8, 4) is 0 Å². The van der Waals surface area contributed by atoms with Gasteiger partial charge >= 0.3 is 0 Å². The van der Waals surface area contributed by atoms with Crippen LogP contribution in [-0.4, -0.2) is 40.1 Å². The minimum atomic E-state index is -3.57. The van der Waals surface area contributed by atoms with Crippen molar-refractivity contribution in [2.45, 2.75) is 75.6 Å². The van der Waals surface area contributed by atoms with Gasteiger partial charge in [-0.2, -0.15) is 0 Å². The average Bonchev–Trinajstić information content (AvgIpc) is 2.61. The summed E-state index contributed by atoms with van der Waals surface area (Å²) in [7, 11) is -6.88. The van der Waals surface area contributed by atoms with Crippen LogP contribution in [0, 0.1) is 5.92 Å². The molecule has 2 rings (SSSR count). The minimum Gasteiger partial charge on any atom is -0.326 e. The van der Waals surface area contributed by atoms with Gasteiger partial charge in [-0.15, -0.1) is 0 Å². The standard InChI is InChI=1S/C19H31N3O5S2/c1-13(2)21-29(26,27)18-11-9-16(10-12-18)20-19(23)15-5-7-17(8-6-15)22-28(24,25)14(3)4/h9-15,17,21-22H,5-8H2,1-4H3,(H,20,23)/t15-,17-. The third kappa shape index (κ3) is 6.77. The van der Waals surface area contributed by atoms with Gasteiger partial charge < -0.3 is 5.32 Å². The smallest absolute Gasteiger partial charge is 0.240 e. The maximum atomic E-state index is 12.5. The van der Waals surface area contributed by atoms with Crippen LogP contribution < -0.4 is 14.8 Å². The number of rotatable bonds is 8. The third-order valence-corrected chi connectivity index (χ3v) is 8.45. The first-order valence-electron chi connectivity index (χ1n) is 9.85. The van der Waals surface area contributed by atoms with Crippen LogP contribution in [0.15, 0.2) is 29.2 Å². The lowest BCUT2D eigenvalue weighted by Gasteiger charge is -2.28. The van der Waals surface area contributed by atoms with Crippen molar-refractivity contribution in [3.05, 3.63) is 24.3 Å². The average molecular weight is 446 g/mol. The van der Waals surface area contributed by atoms with Gasteiger partial charge in [0.25, 0.3) is 0 Å². The van der Waals surface area contributed by atoms with Crippen LogP contribution in [0.5, 0.6) is 0 Å². The molecule has 1 aliphatic carbocycles. The Kier molecular flexibility index (Phi) is 7.83. The highest BCUT2D eigenvalue weighted by Gasteiger charge is 2.29. The van der Waals surface area contributed by atoms with Crippen LogP contribution in [0.25, 0.3) is 0 Å². The molecule has 1 aromatic rings. The van der Waals surface area contributed by atoms with Crippen LogP contribution in [0.2, 0.25) is 0 Å². The Hall–Kier alpha value is -1.49. The van der Waals surface area contributed by atoms with E-state index in [1.165, 1.54) is 12.1 Å². The summed E-state index contributed by atoms with van der Waals surface area (Å²) in [5, 5.41) is 2.34. The molecule has 29 heavy (non-hydrogen) atoms. The van der Waals surface area contributed by atoms with Gasteiger partial charge in [-0.25, -0.2) is 26.3 Å². The summed E-state index contributed by atoms with van der Waals surface area (Å²) < 4.78 is 53.5. The van der Waals surface area contributed by atoms with E-state index in [4.69, 9.17) is 0 Å². The molecule has 0 radical (unpaired) electrons. The topological polar surface area (TPSA) is 121 Å². The third-order valence-electron chi connectivity index (χ3n) is 4.87. The normalized spacial score (nSPS) is 20.8. The number of sulfonamides is 2. The molecule has 0 aromatic heterocycles. The predicted octanol–water partition coefficient (Wildman–Crippen LogP) is 2.20. The lowest BCUT2D eigenvalue weighted by Crippen LogP contribution is -2.42. The van der Waals surface area contributed by atoms with Gasteiger partial charge in [0.1, 0.15) is 0 Å². The van der Waals surface area contributed by atoms with Crippen LogP contribution in [-0.2, 0) is 24.8 Å². The highest BCUT2D eigenvalue weighted by atomic mass is 32.2. The van der Waals surface area contributed by atoms with E-state index in [-0.39, 0.29) is 28.8 Å². The molecule has 1 amide bonds. The monoisotopic (exact) mass is 445 g/mol. The summed E-state index contributed by atoms with van der Waals surface area (Å²) in [4.78, 5) is 12.7. The van der Waals surface area contributed by atoms with Gasteiger partial charge in [0, 0.05) is 23.7 Å². The van der Waals surface area contributed by atoms with Gasteiger partial charge in [-0.05, 0) is 77.6 Å². The Morgan fingerprint density at radius 1 is 0.931 bits per heavy atom. The fourth-order valence-corrected chi connectivity index (χ4v) is 5.41. The van der Waals surface area contributed by atoms with Crippen molar-refractivity contribution < 1.29 is 21.6 Å². The van der Waals surface area contributed by atoms with Crippen molar-refractivity contribution in [3.63, 3.8) is 0 Å². The van der Waals surface area contributed by atoms with E-state index in [1.54, 1.807) is 39.8 Å². The van der Waals surface area contributed by atoms with E-state index in [2.05, 4.69) is 14.8 Å². The Morgan fingerprint density at radius 2 is 1.48 bits per heavy atom. The molecule has 0 atom stereocenters. The summed E-state index contributed by atoms with van der Waals surface area (Å²) >= 11 is 0. The Balaban J connectivity index is 1.90. The number of nitrogens with one attached hydrogen (secondary N) is 3. The van der Waals surface area contributed by atoms with E-state index in [0.717, 1.165) is 0 Å². The number of anilines is 1. The lowest BCUT2D eigenvalue weighted by molar-refractivity contribution is -0.120. The summed E-state index contributed by atoms with van der Waals surface area (Å²) in [6.07, 6.45) is 2.42. The molecule has 3 N–H and O–H groups in total. The largest absolute Gasteiger partial charge is 0.326 e. The van der Waals surface area contributed by atoms with Gasteiger partial charge in [0.15, 0.2) is 0 Å². The zero-order valence-electron chi connectivity index (χ0n) is 17.3. The van der Waals surface area contributed by atoms with Gasteiger partial charge in [0.05, 0.1) is 10.1 Å².